The van der Waals surface area contributed by atoms with Crippen LogP contribution in [0.15, 0.2) is 18.2 Å². The third kappa shape index (κ3) is 1.41. The molecule has 80 valence electrons. The Balaban J connectivity index is 2.51. The lowest BCUT2D eigenvalue weighted by Crippen LogP contribution is -2.31. The molecule has 1 aliphatic heterocycles. The zero-order valence-electron chi connectivity index (χ0n) is 9.15. The Morgan fingerprint density at radius 1 is 1.47 bits per heavy atom. The van der Waals surface area contributed by atoms with E-state index in [9.17, 15) is 10.1 Å². The van der Waals surface area contributed by atoms with Gasteiger partial charge in [0.05, 0.1) is 4.92 Å². The number of hydrogen-bond donors (Lipinski definition) is 0. The average molecular weight is 206 g/mol. The fraction of sp³-hybridized carbons (Fsp3) is 0.455. The highest BCUT2D eigenvalue weighted by Crippen LogP contribution is 2.38. The van der Waals surface area contributed by atoms with Crippen LogP contribution in [0.3, 0.4) is 0 Å². The Bertz CT molecular complexity index is 427. The van der Waals surface area contributed by atoms with E-state index in [1.54, 1.807) is 12.1 Å². The summed E-state index contributed by atoms with van der Waals surface area (Å²) in [4.78, 5) is 12.5. The van der Waals surface area contributed by atoms with Crippen LogP contribution in [0, 0.1) is 10.1 Å². The minimum absolute atomic E-state index is 0.0234. The maximum absolute atomic E-state index is 10.6. The highest BCUT2D eigenvalue weighted by Gasteiger charge is 2.35. The van der Waals surface area contributed by atoms with Crippen molar-refractivity contribution in [1.29, 1.82) is 0 Å². The summed E-state index contributed by atoms with van der Waals surface area (Å²) in [6.45, 7) is 5.04. The molecule has 1 aromatic carbocycles. The zero-order chi connectivity index (χ0) is 11.2. The molecule has 4 heteroatoms. The molecule has 0 N–H and O–H groups in total. The van der Waals surface area contributed by atoms with Gasteiger partial charge >= 0.3 is 0 Å². The lowest BCUT2D eigenvalue weighted by atomic mass is 9.94. The Hall–Kier alpha value is -1.42. The molecule has 0 atom stereocenters. The molecule has 4 nitrogen and oxygen atoms in total. The molecule has 2 rings (SSSR count). The fourth-order valence-electron chi connectivity index (χ4n) is 2.08. The number of nitro benzene ring substituents is 1. The van der Waals surface area contributed by atoms with Gasteiger partial charge in [0.1, 0.15) is 0 Å². The number of nitro groups is 1. The number of rotatable bonds is 1. The van der Waals surface area contributed by atoms with Gasteiger partial charge in [-0.2, -0.15) is 0 Å². The van der Waals surface area contributed by atoms with Crippen molar-refractivity contribution in [2.24, 2.45) is 0 Å². The van der Waals surface area contributed by atoms with E-state index in [4.69, 9.17) is 0 Å². The first-order valence-corrected chi connectivity index (χ1v) is 4.92. The van der Waals surface area contributed by atoms with Gasteiger partial charge in [0.15, 0.2) is 0 Å². The standard InChI is InChI=1S/C11H14N2O2/c1-11(2)10-5-4-9(13(14)15)6-8(10)7-12(11)3/h4-6H,7H2,1-3H3. The largest absolute Gasteiger partial charge is 0.293 e. The van der Waals surface area contributed by atoms with Crippen LogP contribution < -0.4 is 0 Å². The third-order valence-corrected chi connectivity index (χ3v) is 3.32. The molecule has 0 saturated carbocycles. The molecule has 0 spiro atoms. The van der Waals surface area contributed by atoms with Gasteiger partial charge < -0.3 is 0 Å². The van der Waals surface area contributed by atoms with Crippen LogP contribution in [0.4, 0.5) is 5.69 Å². The number of nitrogens with zero attached hydrogens (tertiary/aromatic N) is 2. The second kappa shape index (κ2) is 3.03. The lowest BCUT2D eigenvalue weighted by molar-refractivity contribution is -0.384. The molecule has 0 radical (unpaired) electrons. The summed E-state index contributed by atoms with van der Waals surface area (Å²) < 4.78 is 0. The minimum atomic E-state index is -0.342. The van der Waals surface area contributed by atoms with Gasteiger partial charge in [0.25, 0.3) is 5.69 Å². The van der Waals surface area contributed by atoms with Crippen molar-refractivity contribution >= 4 is 5.69 Å². The Labute approximate surface area is 88.7 Å². The second-order valence-electron chi connectivity index (χ2n) is 4.51. The van der Waals surface area contributed by atoms with Crippen molar-refractivity contribution < 1.29 is 4.92 Å². The molecule has 0 bridgehead atoms. The summed E-state index contributed by atoms with van der Waals surface area (Å²) in [6.07, 6.45) is 0. The van der Waals surface area contributed by atoms with E-state index >= 15 is 0 Å². The molecule has 0 fully saturated rings. The summed E-state index contributed by atoms with van der Waals surface area (Å²) in [6, 6.07) is 5.14. The van der Waals surface area contributed by atoms with Gasteiger partial charge in [0, 0.05) is 24.2 Å². The van der Waals surface area contributed by atoms with Crippen LogP contribution in [0.5, 0.6) is 0 Å². The molecule has 1 aromatic rings. The SMILES string of the molecule is CN1Cc2cc([N+](=O)[O-])ccc2C1(C)C. The zero-order valence-corrected chi connectivity index (χ0v) is 9.15. The fourth-order valence-corrected chi connectivity index (χ4v) is 2.08. The summed E-state index contributed by atoms with van der Waals surface area (Å²) in [5.41, 5.74) is 2.41. The molecule has 0 saturated heterocycles. The Morgan fingerprint density at radius 2 is 2.13 bits per heavy atom. The Morgan fingerprint density at radius 3 is 2.73 bits per heavy atom. The van der Waals surface area contributed by atoms with Crippen LogP contribution in [0.25, 0.3) is 0 Å². The van der Waals surface area contributed by atoms with Crippen LogP contribution in [-0.2, 0) is 12.1 Å². The van der Waals surface area contributed by atoms with E-state index in [-0.39, 0.29) is 16.1 Å². The molecular formula is C11H14N2O2. The first-order chi connectivity index (χ1) is 6.93. The van der Waals surface area contributed by atoms with Gasteiger partial charge in [-0.15, -0.1) is 0 Å². The van der Waals surface area contributed by atoms with E-state index in [0.29, 0.717) is 0 Å². The maximum atomic E-state index is 10.6. The quantitative estimate of drug-likeness (QED) is 0.523. The van der Waals surface area contributed by atoms with Crippen LogP contribution >= 0.6 is 0 Å². The van der Waals surface area contributed by atoms with Crippen molar-refractivity contribution in [1.82, 2.24) is 4.90 Å². The van der Waals surface area contributed by atoms with Gasteiger partial charge in [-0.05, 0) is 32.0 Å². The highest BCUT2D eigenvalue weighted by atomic mass is 16.6. The van der Waals surface area contributed by atoms with Gasteiger partial charge in [-0.3, -0.25) is 15.0 Å². The monoisotopic (exact) mass is 206 g/mol. The molecule has 0 amide bonds. The number of non-ortho nitro benzene ring substituents is 1. The van der Waals surface area contributed by atoms with Crippen LogP contribution in [0.1, 0.15) is 25.0 Å². The predicted octanol–water partition coefficient (Wildman–Crippen LogP) is 2.28. The molecular weight excluding hydrogens is 192 g/mol. The summed E-state index contributed by atoms with van der Waals surface area (Å²) in [7, 11) is 2.03. The minimum Gasteiger partial charge on any atom is -0.293 e. The first kappa shape index (κ1) is 10.1. The summed E-state index contributed by atoms with van der Waals surface area (Å²) >= 11 is 0. The number of hydrogen-bond acceptors (Lipinski definition) is 3. The third-order valence-electron chi connectivity index (χ3n) is 3.32. The summed E-state index contributed by atoms with van der Waals surface area (Å²) in [5, 5.41) is 10.6. The van der Waals surface area contributed by atoms with Crippen molar-refractivity contribution in [2.75, 3.05) is 7.05 Å². The van der Waals surface area contributed by atoms with E-state index in [1.807, 2.05) is 13.1 Å². The molecule has 0 aromatic heterocycles. The smallest absolute Gasteiger partial charge is 0.269 e. The van der Waals surface area contributed by atoms with Crippen LogP contribution in [0.2, 0.25) is 0 Å². The molecule has 1 heterocycles. The predicted molar refractivity (Wildman–Crippen MR) is 57.6 cm³/mol. The van der Waals surface area contributed by atoms with Gasteiger partial charge in [-0.25, -0.2) is 0 Å². The average Bonchev–Trinajstić information content (AvgIpc) is 2.38. The first-order valence-electron chi connectivity index (χ1n) is 4.92. The Kier molecular flexibility index (Phi) is 2.04. The van der Waals surface area contributed by atoms with E-state index in [2.05, 4.69) is 18.7 Å². The van der Waals surface area contributed by atoms with Crippen molar-refractivity contribution in [3.63, 3.8) is 0 Å². The molecule has 0 unspecified atom stereocenters. The van der Waals surface area contributed by atoms with E-state index in [0.717, 1.165) is 12.1 Å². The van der Waals surface area contributed by atoms with E-state index in [1.165, 1.54) is 5.56 Å². The van der Waals surface area contributed by atoms with Crippen molar-refractivity contribution in [2.45, 2.75) is 25.9 Å². The normalized spacial score (nSPS) is 18.9. The topological polar surface area (TPSA) is 46.4 Å². The maximum Gasteiger partial charge on any atom is 0.269 e. The molecule has 1 aliphatic rings. The summed E-state index contributed by atoms with van der Waals surface area (Å²) in [5.74, 6) is 0. The molecule has 15 heavy (non-hydrogen) atoms. The van der Waals surface area contributed by atoms with Gasteiger partial charge in [-0.1, -0.05) is 6.07 Å². The highest BCUT2D eigenvalue weighted by molar-refractivity contribution is 5.45. The van der Waals surface area contributed by atoms with Crippen LogP contribution in [-0.4, -0.2) is 16.9 Å². The molecule has 0 aliphatic carbocycles. The number of fused-ring (bicyclic) bond motifs is 1. The van der Waals surface area contributed by atoms with Crippen molar-refractivity contribution in [3.8, 4) is 0 Å². The van der Waals surface area contributed by atoms with Gasteiger partial charge in [0.2, 0.25) is 0 Å². The number of benzene rings is 1. The van der Waals surface area contributed by atoms with Crippen molar-refractivity contribution in [3.05, 3.63) is 39.4 Å². The van der Waals surface area contributed by atoms with E-state index < -0.39 is 0 Å². The second-order valence-corrected chi connectivity index (χ2v) is 4.51. The lowest BCUT2D eigenvalue weighted by Gasteiger charge is -2.28.